The molecule has 1 N–H and O–H groups in total. The number of anilines is 1. The predicted molar refractivity (Wildman–Crippen MR) is 99.5 cm³/mol. The summed E-state index contributed by atoms with van der Waals surface area (Å²) in [7, 11) is 0. The average molecular weight is 422 g/mol. The van der Waals surface area contributed by atoms with Gasteiger partial charge in [-0.2, -0.15) is 13.2 Å². The van der Waals surface area contributed by atoms with E-state index < -0.39 is 35.2 Å². The zero-order valence-electron chi connectivity index (χ0n) is 15.8. The lowest BCUT2D eigenvalue weighted by atomic mass is 10.0. The highest BCUT2D eigenvalue weighted by atomic mass is 19.4. The molecule has 0 fully saturated rings. The Labute approximate surface area is 168 Å². The maximum atomic E-state index is 14.3. The van der Waals surface area contributed by atoms with Gasteiger partial charge in [0.25, 0.3) is 5.91 Å². The van der Waals surface area contributed by atoms with Crippen LogP contribution in [0.5, 0.6) is 11.6 Å². The number of benzene rings is 2. The van der Waals surface area contributed by atoms with Crippen molar-refractivity contribution in [2.75, 3.05) is 5.32 Å². The molecule has 0 aliphatic rings. The Morgan fingerprint density at radius 1 is 1.00 bits per heavy atom. The van der Waals surface area contributed by atoms with Gasteiger partial charge in [-0.15, -0.1) is 0 Å². The molecule has 0 aliphatic carbocycles. The second kappa shape index (κ2) is 8.10. The molecule has 1 heterocycles. The summed E-state index contributed by atoms with van der Waals surface area (Å²) in [6.07, 6.45) is -4.24. The number of rotatable bonds is 4. The van der Waals surface area contributed by atoms with Crippen molar-refractivity contribution in [1.29, 1.82) is 0 Å². The minimum atomic E-state index is -4.85. The molecule has 0 bridgehead atoms. The van der Waals surface area contributed by atoms with Crippen LogP contribution in [0.4, 0.5) is 27.6 Å². The van der Waals surface area contributed by atoms with Crippen LogP contribution in [-0.2, 0) is 6.18 Å². The van der Waals surface area contributed by atoms with Crippen LogP contribution < -0.4 is 10.1 Å². The number of pyridine rings is 1. The maximum Gasteiger partial charge on any atom is 0.421 e. The van der Waals surface area contributed by atoms with Crippen molar-refractivity contribution >= 4 is 11.6 Å². The van der Waals surface area contributed by atoms with Gasteiger partial charge in [0.1, 0.15) is 22.9 Å². The Hall–Kier alpha value is -3.49. The fourth-order valence-corrected chi connectivity index (χ4v) is 2.68. The van der Waals surface area contributed by atoms with Crippen LogP contribution in [0.1, 0.15) is 27.0 Å². The molecule has 30 heavy (non-hydrogen) atoms. The van der Waals surface area contributed by atoms with E-state index in [1.807, 2.05) is 0 Å². The highest BCUT2D eigenvalue weighted by Crippen LogP contribution is 2.37. The minimum absolute atomic E-state index is 0.0180. The van der Waals surface area contributed by atoms with E-state index in [1.54, 1.807) is 19.1 Å². The number of ether oxygens (including phenoxy) is 1. The molecular weight excluding hydrogens is 407 g/mol. The fraction of sp³-hybridized carbons (Fsp3) is 0.143. The Morgan fingerprint density at radius 2 is 1.63 bits per heavy atom. The van der Waals surface area contributed by atoms with E-state index in [0.29, 0.717) is 17.3 Å². The van der Waals surface area contributed by atoms with Crippen LogP contribution in [0.3, 0.4) is 0 Å². The first kappa shape index (κ1) is 21.2. The van der Waals surface area contributed by atoms with E-state index in [2.05, 4.69) is 10.3 Å². The number of nitrogens with zero attached hydrogens (tertiary/aromatic N) is 1. The summed E-state index contributed by atoms with van der Waals surface area (Å²) in [6, 6.07) is 8.79. The highest BCUT2D eigenvalue weighted by Gasteiger charge is 2.36. The molecule has 3 aromatic rings. The van der Waals surface area contributed by atoms with Gasteiger partial charge in [-0.05, 0) is 55.3 Å². The van der Waals surface area contributed by atoms with Crippen LogP contribution in [0.25, 0.3) is 0 Å². The number of hydrogen-bond donors (Lipinski definition) is 1. The van der Waals surface area contributed by atoms with Crippen molar-refractivity contribution in [1.82, 2.24) is 4.98 Å². The molecule has 9 heteroatoms. The van der Waals surface area contributed by atoms with Gasteiger partial charge in [-0.3, -0.25) is 4.79 Å². The van der Waals surface area contributed by atoms with Crippen molar-refractivity contribution in [2.45, 2.75) is 20.0 Å². The number of alkyl halides is 3. The van der Waals surface area contributed by atoms with Crippen LogP contribution in [0.15, 0.2) is 48.7 Å². The van der Waals surface area contributed by atoms with Crippen molar-refractivity contribution in [3.05, 3.63) is 82.5 Å². The number of carbonyl (C=O) groups excluding carboxylic acids is 1. The number of halogens is 5. The third kappa shape index (κ3) is 4.56. The van der Waals surface area contributed by atoms with Crippen molar-refractivity contribution in [3.8, 4) is 11.6 Å². The molecule has 0 unspecified atom stereocenters. The molecule has 1 aromatic heterocycles. The SMILES string of the molecule is Cc1ccc(C)c(C(=O)Nc2ccc(Oc3ncc(F)cc3C(F)(F)F)cc2)c1F. The largest absolute Gasteiger partial charge is 0.438 e. The summed E-state index contributed by atoms with van der Waals surface area (Å²) in [6.45, 7) is 3.14. The highest BCUT2D eigenvalue weighted by molar-refractivity contribution is 6.05. The predicted octanol–water partition coefficient (Wildman–Crippen LogP) is 6.04. The number of nitrogens with one attached hydrogen (secondary N) is 1. The molecule has 0 aliphatic heterocycles. The molecule has 3 rings (SSSR count). The number of carbonyl (C=O) groups is 1. The summed E-state index contributed by atoms with van der Waals surface area (Å²) in [5, 5.41) is 2.52. The smallest absolute Gasteiger partial charge is 0.421 e. The van der Waals surface area contributed by atoms with Gasteiger partial charge < -0.3 is 10.1 Å². The Bertz CT molecular complexity index is 1100. The fourth-order valence-electron chi connectivity index (χ4n) is 2.68. The van der Waals surface area contributed by atoms with E-state index in [0.717, 1.165) is 0 Å². The monoisotopic (exact) mass is 422 g/mol. The van der Waals surface area contributed by atoms with Gasteiger partial charge >= 0.3 is 6.18 Å². The summed E-state index contributed by atoms with van der Waals surface area (Å²) >= 11 is 0. The van der Waals surface area contributed by atoms with Crippen LogP contribution in [0, 0.1) is 25.5 Å². The Balaban J connectivity index is 1.79. The van der Waals surface area contributed by atoms with Gasteiger partial charge in [0.15, 0.2) is 0 Å². The third-order valence-electron chi connectivity index (χ3n) is 4.22. The zero-order chi connectivity index (χ0) is 22.1. The van der Waals surface area contributed by atoms with Crippen molar-refractivity contribution in [3.63, 3.8) is 0 Å². The third-order valence-corrected chi connectivity index (χ3v) is 4.22. The molecule has 2 aromatic carbocycles. The summed E-state index contributed by atoms with van der Waals surface area (Å²) < 4.78 is 71.6. The van der Waals surface area contributed by atoms with E-state index in [9.17, 15) is 26.7 Å². The number of aromatic nitrogens is 1. The quantitative estimate of drug-likeness (QED) is 0.522. The first-order chi connectivity index (χ1) is 14.1. The van der Waals surface area contributed by atoms with E-state index in [-0.39, 0.29) is 23.1 Å². The Kier molecular flexibility index (Phi) is 5.73. The molecule has 0 saturated carbocycles. The topological polar surface area (TPSA) is 51.2 Å². The average Bonchev–Trinajstić information content (AvgIpc) is 2.67. The first-order valence-corrected chi connectivity index (χ1v) is 8.64. The summed E-state index contributed by atoms with van der Waals surface area (Å²) in [5.41, 5.74) is -0.402. The molecule has 0 saturated heterocycles. The van der Waals surface area contributed by atoms with Gasteiger partial charge in [0, 0.05) is 5.69 Å². The van der Waals surface area contributed by atoms with Crippen LogP contribution in [0.2, 0.25) is 0 Å². The molecule has 4 nitrogen and oxygen atoms in total. The second-order valence-corrected chi connectivity index (χ2v) is 6.47. The number of amides is 1. The molecule has 0 radical (unpaired) electrons. The summed E-state index contributed by atoms with van der Waals surface area (Å²) in [4.78, 5) is 15.8. The lowest BCUT2D eigenvalue weighted by Gasteiger charge is -2.13. The zero-order valence-corrected chi connectivity index (χ0v) is 15.8. The lowest BCUT2D eigenvalue weighted by molar-refractivity contribution is -0.139. The number of aryl methyl sites for hydroxylation is 2. The molecule has 0 spiro atoms. The molecule has 0 atom stereocenters. The first-order valence-electron chi connectivity index (χ1n) is 8.64. The van der Waals surface area contributed by atoms with Crippen LogP contribution in [-0.4, -0.2) is 10.9 Å². The van der Waals surface area contributed by atoms with Gasteiger partial charge in [-0.1, -0.05) is 12.1 Å². The van der Waals surface area contributed by atoms with Gasteiger partial charge in [0.05, 0.1) is 11.8 Å². The van der Waals surface area contributed by atoms with Crippen molar-refractivity contribution < 1.29 is 31.5 Å². The maximum absolute atomic E-state index is 14.3. The standard InChI is InChI=1S/C21H15F5N2O2/c1-11-3-4-12(2)18(23)17(11)19(29)28-14-5-7-15(8-6-14)30-20-16(21(24,25)26)9-13(22)10-27-20/h3-10H,1-2H3,(H,28,29). The number of hydrogen-bond acceptors (Lipinski definition) is 3. The second-order valence-electron chi connectivity index (χ2n) is 6.47. The van der Waals surface area contributed by atoms with Crippen LogP contribution >= 0.6 is 0 Å². The molecular formula is C21H15F5N2O2. The summed E-state index contributed by atoms with van der Waals surface area (Å²) in [5.74, 6) is -3.27. The van der Waals surface area contributed by atoms with Crippen molar-refractivity contribution in [2.24, 2.45) is 0 Å². The van der Waals surface area contributed by atoms with Gasteiger partial charge in [-0.25, -0.2) is 13.8 Å². The minimum Gasteiger partial charge on any atom is -0.438 e. The molecule has 1 amide bonds. The normalized spacial score (nSPS) is 11.3. The van der Waals surface area contributed by atoms with Gasteiger partial charge in [0.2, 0.25) is 5.88 Å². The van der Waals surface area contributed by atoms with E-state index >= 15 is 0 Å². The Morgan fingerprint density at radius 3 is 2.27 bits per heavy atom. The lowest BCUT2D eigenvalue weighted by Crippen LogP contribution is -2.16. The molecule has 156 valence electrons. The van der Waals surface area contributed by atoms with E-state index in [4.69, 9.17) is 4.74 Å². The van der Waals surface area contributed by atoms with E-state index in [1.165, 1.54) is 31.2 Å².